The van der Waals surface area contributed by atoms with E-state index in [1.54, 1.807) is 13.1 Å². The van der Waals surface area contributed by atoms with Crippen molar-refractivity contribution in [3.63, 3.8) is 0 Å². The van der Waals surface area contributed by atoms with Crippen LogP contribution in [0.2, 0.25) is 0 Å². The first kappa shape index (κ1) is 19.7. The number of ether oxygens (including phenoxy) is 2. The third-order valence-corrected chi connectivity index (χ3v) is 5.95. The van der Waals surface area contributed by atoms with Crippen LogP contribution in [0.25, 0.3) is 0 Å². The van der Waals surface area contributed by atoms with E-state index >= 15 is 0 Å². The summed E-state index contributed by atoms with van der Waals surface area (Å²) in [6.07, 6.45) is 4.29. The van der Waals surface area contributed by atoms with Gasteiger partial charge in [-0.05, 0) is 42.5 Å². The summed E-state index contributed by atoms with van der Waals surface area (Å²) in [7, 11) is 1.77. The van der Waals surface area contributed by atoms with Gasteiger partial charge in [-0.15, -0.1) is 0 Å². The smallest absolute Gasteiger partial charge is 0.191 e. The third kappa shape index (κ3) is 4.37. The molecule has 0 spiro atoms. The van der Waals surface area contributed by atoms with E-state index in [9.17, 15) is 4.39 Å². The van der Waals surface area contributed by atoms with Crippen LogP contribution >= 0.6 is 0 Å². The van der Waals surface area contributed by atoms with Crippen molar-refractivity contribution in [2.45, 2.75) is 37.7 Å². The highest BCUT2D eigenvalue weighted by Crippen LogP contribution is 2.43. The van der Waals surface area contributed by atoms with E-state index in [1.165, 1.54) is 30.9 Å². The Morgan fingerprint density at radius 2 is 2.00 bits per heavy atom. The van der Waals surface area contributed by atoms with Crippen LogP contribution in [0.5, 0.6) is 5.75 Å². The van der Waals surface area contributed by atoms with Gasteiger partial charge in [0.25, 0.3) is 0 Å². The van der Waals surface area contributed by atoms with Crippen molar-refractivity contribution in [3.05, 3.63) is 65.0 Å². The van der Waals surface area contributed by atoms with Crippen LogP contribution in [0.15, 0.2) is 47.5 Å². The summed E-state index contributed by atoms with van der Waals surface area (Å²) in [6.45, 7) is 2.09. The van der Waals surface area contributed by atoms with Crippen LogP contribution in [0.1, 0.15) is 36.0 Å². The van der Waals surface area contributed by atoms with Crippen molar-refractivity contribution < 1.29 is 13.9 Å². The van der Waals surface area contributed by atoms with E-state index in [2.05, 4.69) is 46.0 Å². The molecular formula is C23H28FN3O2. The van der Waals surface area contributed by atoms with Gasteiger partial charge in [-0.1, -0.05) is 36.8 Å². The fourth-order valence-electron chi connectivity index (χ4n) is 4.19. The largest absolute Gasteiger partial charge is 0.467 e. The van der Waals surface area contributed by atoms with Crippen LogP contribution in [0.3, 0.4) is 0 Å². The summed E-state index contributed by atoms with van der Waals surface area (Å²) in [4.78, 5) is 4.35. The van der Waals surface area contributed by atoms with E-state index in [0.717, 1.165) is 29.4 Å². The molecule has 0 amide bonds. The zero-order valence-electron chi connectivity index (χ0n) is 16.8. The van der Waals surface area contributed by atoms with Crippen molar-refractivity contribution in [1.29, 1.82) is 0 Å². The molecule has 4 rings (SSSR count). The summed E-state index contributed by atoms with van der Waals surface area (Å²) in [5.41, 5.74) is 3.20. The van der Waals surface area contributed by atoms with E-state index in [1.807, 2.05) is 0 Å². The average Bonchev–Trinajstić information content (AvgIpc) is 2.72. The maximum atomic E-state index is 13.9. The van der Waals surface area contributed by atoms with Crippen molar-refractivity contribution in [3.8, 4) is 5.75 Å². The monoisotopic (exact) mass is 397 g/mol. The lowest BCUT2D eigenvalue weighted by Crippen LogP contribution is -2.49. The summed E-state index contributed by atoms with van der Waals surface area (Å²) in [5, 5.41) is 6.83. The molecule has 0 radical (unpaired) electrons. The Kier molecular flexibility index (Phi) is 6.00. The molecule has 1 fully saturated rings. The molecule has 1 aliphatic heterocycles. The third-order valence-electron chi connectivity index (χ3n) is 5.95. The molecule has 2 aromatic carbocycles. The molecule has 1 heterocycles. The molecule has 0 bridgehead atoms. The van der Waals surface area contributed by atoms with Crippen LogP contribution in [-0.4, -0.2) is 32.9 Å². The minimum absolute atomic E-state index is 0.189. The summed E-state index contributed by atoms with van der Waals surface area (Å²) in [5.74, 6) is 1.26. The van der Waals surface area contributed by atoms with Gasteiger partial charge in [0.05, 0.1) is 6.61 Å². The fourth-order valence-corrected chi connectivity index (χ4v) is 4.19. The zero-order valence-corrected chi connectivity index (χ0v) is 16.8. The number of halogens is 1. The molecule has 2 N–H and O–H groups in total. The second-order valence-electron chi connectivity index (χ2n) is 7.77. The van der Waals surface area contributed by atoms with Crippen LogP contribution < -0.4 is 15.4 Å². The molecule has 2 aliphatic rings. The van der Waals surface area contributed by atoms with Gasteiger partial charge in [0, 0.05) is 31.1 Å². The van der Waals surface area contributed by atoms with Crippen molar-refractivity contribution >= 4 is 5.96 Å². The van der Waals surface area contributed by atoms with Gasteiger partial charge in [0.2, 0.25) is 0 Å². The van der Waals surface area contributed by atoms with E-state index in [0.29, 0.717) is 19.6 Å². The number of guanidine groups is 1. The minimum Gasteiger partial charge on any atom is -0.467 e. The summed E-state index contributed by atoms with van der Waals surface area (Å²) in [6, 6.07) is 13.7. The molecule has 5 nitrogen and oxygen atoms in total. The molecule has 6 heteroatoms. The topological polar surface area (TPSA) is 54.9 Å². The molecule has 154 valence electrons. The van der Waals surface area contributed by atoms with Gasteiger partial charge in [-0.25, -0.2) is 4.39 Å². The maximum Gasteiger partial charge on any atom is 0.191 e. The highest BCUT2D eigenvalue weighted by molar-refractivity contribution is 5.79. The Bertz CT molecular complexity index is 866. The molecule has 0 unspecified atom stereocenters. The number of nitrogens with zero attached hydrogens (tertiary/aromatic N) is 1. The maximum absolute atomic E-state index is 13.9. The predicted molar refractivity (Wildman–Crippen MR) is 112 cm³/mol. The van der Waals surface area contributed by atoms with Crippen molar-refractivity contribution in [1.82, 2.24) is 10.6 Å². The quantitative estimate of drug-likeness (QED) is 0.579. The molecule has 0 saturated heterocycles. The predicted octanol–water partition coefficient (Wildman–Crippen LogP) is 3.52. The zero-order chi connectivity index (χ0) is 20.1. The van der Waals surface area contributed by atoms with E-state index in [-0.39, 0.29) is 18.0 Å². The van der Waals surface area contributed by atoms with Gasteiger partial charge in [-0.2, -0.15) is 0 Å². The first-order valence-electron chi connectivity index (χ1n) is 10.2. The van der Waals surface area contributed by atoms with Crippen LogP contribution in [0.4, 0.5) is 4.39 Å². The van der Waals surface area contributed by atoms with Gasteiger partial charge in [0.1, 0.15) is 11.6 Å². The van der Waals surface area contributed by atoms with Crippen molar-refractivity contribution in [2.24, 2.45) is 4.99 Å². The van der Waals surface area contributed by atoms with Gasteiger partial charge in [0.15, 0.2) is 12.8 Å². The average molecular weight is 397 g/mol. The lowest BCUT2D eigenvalue weighted by atomic mass is 9.64. The molecule has 1 saturated carbocycles. The molecule has 0 aromatic heterocycles. The lowest BCUT2D eigenvalue weighted by Gasteiger charge is -2.43. The molecular weight excluding hydrogens is 369 g/mol. The Morgan fingerprint density at radius 3 is 2.72 bits per heavy atom. The van der Waals surface area contributed by atoms with Crippen LogP contribution in [0, 0.1) is 5.82 Å². The van der Waals surface area contributed by atoms with Crippen molar-refractivity contribution in [2.75, 3.05) is 26.9 Å². The highest BCUT2D eigenvalue weighted by atomic mass is 19.1. The van der Waals surface area contributed by atoms with Gasteiger partial charge >= 0.3 is 0 Å². The number of benzene rings is 2. The van der Waals surface area contributed by atoms with E-state index in [4.69, 9.17) is 9.47 Å². The molecule has 1 aliphatic carbocycles. The van der Waals surface area contributed by atoms with Gasteiger partial charge < -0.3 is 20.1 Å². The fraction of sp³-hybridized carbons (Fsp3) is 0.435. The Labute approximate surface area is 171 Å². The molecule has 2 aromatic rings. The number of hydrogen-bond donors (Lipinski definition) is 2. The highest BCUT2D eigenvalue weighted by Gasteiger charge is 2.38. The number of rotatable bonds is 6. The van der Waals surface area contributed by atoms with Gasteiger partial charge in [-0.3, -0.25) is 4.99 Å². The first-order valence-corrected chi connectivity index (χ1v) is 10.2. The summed E-state index contributed by atoms with van der Waals surface area (Å²) < 4.78 is 24.7. The lowest BCUT2D eigenvalue weighted by molar-refractivity contribution is -0.0172. The van der Waals surface area contributed by atoms with E-state index < -0.39 is 0 Å². The number of nitrogens with one attached hydrogen (secondary N) is 2. The number of fused-ring (bicyclic) bond motifs is 1. The minimum atomic E-state index is -0.259. The normalized spacial score (nSPS) is 17.7. The standard InChI is InChI=1S/C23H28FN3O2/c1-25-22(27-15-23(9-5-10-23)19-6-3-2-4-7-19)26-11-8-17-12-20(24)13-18-14-28-16-29-21(17)18/h2-4,6-7,12-13H,5,8-11,14-16H2,1H3,(H2,25,26,27). The molecule has 0 atom stereocenters. The Hall–Kier alpha value is -2.60. The summed E-state index contributed by atoms with van der Waals surface area (Å²) >= 11 is 0. The second kappa shape index (κ2) is 8.82. The number of hydrogen-bond acceptors (Lipinski definition) is 3. The first-order chi connectivity index (χ1) is 14.2. The Morgan fingerprint density at radius 1 is 1.17 bits per heavy atom. The SMILES string of the molecule is CN=C(NCCc1cc(F)cc2c1OCOC2)NCC1(c2ccccc2)CCC1. The Balaban J connectivity index is 1.33. The second-order valence-corrected chi connectivity index (χ2v) is 7.77. The van der Waals surface area contributed by atoms with Crippen LogP contribution in [-0.2, 0) is 23.2 Å². The number of aliphatic imine (C=N–C) groups is 1. The molecule has 29 heavy (non-hydrogen) atoms.